The molecular weight excluding hydrogens is 312 g/mol. The first-order valence-electron chi connectivity index (χ1n) is 7.64. The summed E-state index contributed by atoms with van der Waals surface area (Å²) in [7, 11) is 0. The van der Waals surface area contributed by atoms with Gasteiger partial charge in [-0.3, -0.25) is 4.79 Å². The summed E-state index contributed by atoms with van der Waals surface area (Å²) in [6.07, 6.45) is 1.55. The van der Waals surface area contributed by atoms with E-state index in [-0.39, 0.29) is 25.6 Å². The molecule has 3 aromatic heterocycles. The Balaban J connectivity index is 1.81. The fourth-order valence-corrected chi connectivity index (χ4v) is 2.51. The van der Waals surface area contributed by atoms with Crippen molar-refractivity contribution in [1.29, 1.82) is 0 Å². The van der Waals surface area contributed by atoms with Crippen molar-refractivity contribution in [2.75, 3.05) is 6.61 Å². The molecule has 0 saturated heterocycles. The van der Waals surface area contributed by atoms with Gasteiger partial charge < -0.3 is 23.5 Å². The average Bonchev–Trinajstić information content (AvgIpc) is 3.23. The Labute approximate surface area is 138 Å². The van der Waals surface area contributed by atoms with Crippen molar-refractivity contribution in [1.82, 2.24) is 9.88 Å². The molecule has 126 valence electrons. The van der Waals surface area contributed by atoms with E-state index in [0.29, 0.717) is 28.3 Å². The molecule has 3 rings (SSSR count). The number of furan rings is 2. The molecule has 24 heavy (non-hydrogen) atoms. The number of hydrogen-bond acceptors (Lipinski definition) is 5. The second-order valence-corrected chi connectivity index (χ2v) is 5.30. The first-order valence-corrected chi connectivity index (χ1v) is 7.64. The van der Waals surface area contributed by atoms with Crippen LogP contribution in [0.2, 0.25) is 0 Å². The van der Waals surface area contributed by atoms with Crippen LogP contribution in [0.25, 0.3) is 11.1 Å². The summed E-state index contributed by atoms with van der Waals surface area (Å²) >= 11 is 0. The lowest BCUT2D eigenvalue weighted by atomic mass is 10.4. The predicted octanol–water partition coefficient (Wildman–Crippen LogP) is 2.63. The number of carbonyl (C=O) groups is 2. The van der Waals surface area contributed by atoms with Gasteiger partial charge in [0.1, 0.15) is 23.8 Å². The monoisotopic (exact) mass is 330 g/mol. The van der Waals surface area contributed by atoms with Crippen molar-refractivity contribution in [3.05, 3.63) is 47.7 Å². The first-order chi connectivity index (χ1) is 11.6. The number of rotatable bonds is 6. The van der Waals surface area contributed by atoms with E-state index in [4.69, 9.17) is 13.6 Å². The third kappa shape index (κ3) is 3.19. The highest BCUT2D eigenvalue weighted by Crippen LogP contribution is 2.24. The van der Waals surface area contributed by atoms with Crippen LogP contribution in [0.1, 0.15) is 28.9 Å². The minimum atomic E-state index is -0.486. The van der Waals surface area contributed by atoms with Crippen molar-refractivity contribution in [3.8, 4) is 0 Å². The maximum atomic E-state index is 12.2. The molecule has 7 heteroatoms. The zero-order valence-corrected chi connectivity index (χ0v) is 13.5. The summed E-state index contributed by atoms with van der Waals surface area (Å²) in [4.78, 5) is 24.3. The molecule has 0 spiro atoms. The van der Waals surface area contributed by atoms with E-state index < -0.39 is 5.97 Å². The Bertz CT molecular complexity index is 857. The smallest absolute Gasteiger partial charge is 0.355 e. The molecule has 0 bridgehead atoms. The molecule has 3 aromatic rings. The molecular formula is C17H18N2O5. The van der Waals surface area contributed by atoms with Crippen LogP contribution in [0.3, 0.4) is 0 Å². The van der Waals surface area contributed by atoms with Crippen LogP contribution in [0, 0.1) is 6.92 Å². The summed E-state index contributed by atoms with van der Waals surface area (Å²) in [5, 5.41) is 2.76. The maximum Gasteiger partial charge on any atom is 0.355 e. The Hall–Kier alpha value is -2.96. The van der Waals surface area contributed by atoms with E-state index in [1.54, 1.807) is 42.0 Å². The first kappa shape index (κ1) is 15.9. The van der Waals surface area contributed by atoms with E-state index in [9.17, 15) is 9.59 Å². The van der Waals surface area contributed by atoms with E-state index in [1.165, 1.54) is 0 Å². The number of aromatic nitrogens is 1. The van der Waals surface area contributed by atoms with E-state index in [2.05, 4.69) is 5.32 Å². The molecule has 0 atom stereocenters. The van der Waals surface area contributed by atoms with Crippen LogP contribution in [-0.4, -0.2) is 23.1 Å². The van der Waals surface area contributed by atoms with Crippen LogP contribution in [-0.2, 0) is 22.6 Å². The number of nitrogens with zero attached hydrogens (tertiary/aromatic N) is 1. The Morgan fingerprint density at radius 1 is 1.33 bits per heavy atom. The van der Waals surface area contributed by atoms with Crippen molar-refractivity contribution in [2.45, 2.75) is 26.9 Å². The Morgan fingerprint density at radius 2 is 2.17 bits per heavy atom. The molecule has 7 nitrogen and oxygen atoms in total. The van der Waals surface area contributed by atoms with Gasteiger partial charge in [0.25, 0.3) is 0 Å². The largest absolute Gasteiger partial charge is 0.467 e. The predicted molar refractivity (Wildman–Crippen MR) is 85.5 cm³/mol. The molecule has 0 fully saturated rings. The van der Waals surface area contributed by atoms with Gasteiger partial charge in [-0.1, -0.05) is 0 Å². The number of hydrogen-bond donors (Lipinski definition) is 1. The van der Waals surface area contributed by atoms with Crippen LogP contribution < -0.4 is 5.32 Å². The fraction of sp³-hybridized carbons (Fsp3) is 0.294. The minimum Gasteiger partial charge on any atom is -0.467 e. The van der Waals surface area contributed by atoms with Gasteiger partial charge in [0.15, 0.2) is 5.58 Å². The molecule has 0 saturated carbocycles. The van der Waals surface area contributed by atoms with E-state index in [0.717, 1.165) is 0 Å². The second-order valence-electron chi connectivity index (χ2n) is 5.30. The Morgan fingerprint density at radius 3 is 2.88 bits per heavy atom. The molecule has 0 unspecified atom stereocenters. The fourth-order valence-electron chi connectivity index (χ4n) is 2.51. The third-order valence-corrected chi connectivity index (χ3v) is 3.54. The highest BCUT2D eigenvalue weighted by molar-refractivity contribution is 5.95. The van der Waals surface area contributed by atoms with Crippen molar-refractivity contribution >= 4 is 23.0 Å². The molecule has 3 heterocycles. The number of nitrogens with one attached hydrogen (secondary N) is 1. The number of ether oxygens (including phenoxy) is 1. The minimum absolute atomic E-state index is 0.0165. The average molecular weight is 330 g/mol. The summed E-state index contributed by atoms with van der Waals surface area (Å²) in [5.41, 5.74) is 1.52. The zero-order valence-electron chi connectivity index (χ0n) is 13.5. The summed E-state index contributed by atoms with van der Waals surface area (Å²) < 4.78 is 17.4. The van der Waals surface area contributed by atoms with Crippen molar-refractivity contribution in [3.63, 3.8) is 0 Å². The SMILES string of the molecule is CCOC(=O)c1cc2oc(C)cc2n1CC(=O)NCc1ccco1. The second kappa shape index (κ2) is 6.66. The topological polar surface area (TPSA) is 86.6 Å². The highest BCUT2D eigenvalue weighted by atomic mass is 16.5. The molecule has 0 aliphatic carbocycles. The number of aryl methyl sites for hydroxylation is 1. The third-order valence-electron chi connectivity index (χ3n) is 3.54. The maximum absolute atomic E-state index is 12.2. The van der Waals surface area contributed by atoms with E-state index in [1.807, 2.05) is 6.92 Å². The number of carbonyl (C=O) groups excluding carboxylic acids is 2. The van der Waals surface area contributed by atoms with Gasteiger partial charge in [0.05, 0.1) is 24.9 Å². The summed E-state index contributed by atoms with van der Waals surface area (Å²) in [6.45, 7) is 4.07. The molecule has 0 aliphatic rings. The lowest BCUT2D eigenvalue weighted by molar-refractivity contribution is -0.121. The van der Waals surface area contributed by atoms with Crippen molar-refractivity contribution < 1.29 is 23.2 Å². The normalized spacial score (nSPS) is 10.9. The lowest BCUT2D eigenvalue weighted by Gasteiger charge is -2.09. The van der Waals surface area contributed by atoms with Crippen LogP contribution >= 0.6 is 0 Å². The van der Waals surface area contributed by atoms with Gasteiger partial charge in [-0.25, -0.2) is 4.79 Å². The molecule has 1 N–H and O–H groups in total. The van der Waals surface area contributed by atoms with Gasteiger partial charge >= 0.3 is 5.97 Å². The molecule has 1 amide bonds. The highest BCUT2D eigenvalue weighted by Gasteiger charge is 2.21. The summed E-state index contributed by atoms with van der Waals surface area (Å²) in [5.74, 6) is 0.639. The number of fused-ring (bicyclic) bond motifs is 1. The zero-order chi connectivity index (χ0) is 17.1. The molecule has 0 aliphatic heterocycles. The van der Waals surface area contributed by atoms with Crippen LogP contribution in [0.15, 0.2) is 39.4 Å². The van der Waals surface area contributed by atoms with Gasteiger partial charge in [-0.05, 0) is 26.0 Å². The van der Waals surface area contributed by atoms with Gasteiger partial charge in [-0.15, -0.1) is 0 Å². The van der Waals surface area contributed by atoms with Crippen LogP contribution in [0.5, 0.6) is 0 Å². The lowest BCUT2D eigenvalue weighted by Crippen LogP contribution is -2.28. The van der Waals surface area contributed by atoms with Gasteiger partial charge in [-0.2, -0.15) is 0 Å². The van der Waals surface area contributed by atoms with E-state index >= 15 is 0 Å². The van der Waals surface area contributed by atoms with Gasteiger partial charge in [0, 0.05) is 12.1 Å². The standard InChI is InChI=1S/C17H18N2O5/c1-3-22-17(21)14-8-15-13(7-11(2)24-15)19(14)10-16(20)18-9-12-5-4-6-23-12/h4-8H,3,9-10H2,1-2H3,(H,18,20). The Kier molecular flexibility index (Phi) is 4.41. The number of amides is 1. The van der Waals surface area contributed by atoms with Crippen molar-refractivity contribution in [2.24, 2.45) is 0 Å². The number of esters is 1. The van der Waals surface area contributed by atoms with Gasteiger partial charge in [0.2, 0.25) is 5.91 Å². The quantitative estimate of drug-likeness (QED) is 0.702. The summed E-state index contributed by atoms with van der Waals surface area (Å²) in [6, 6.07) is 6.92. The molecule has 0 aromatic carbocycles. The van der Waals surface area contributed by atoms with Crippen LogP contribution in [0.4, 0.5) is 0 Å². The molecule has 0 radical (unpaired) electrons.